The fraction of sp³-hybridized carbons (Fsp3) is 0.711. The lowest BCUT2D eigenvalue weighted by atomic mass is 9.72. The summed E-state index contributed by atoms with van der Waals surface area (Å²) in [6, 6.07) is 9.43. The number of aliphatic hydroxyl groups is 4. The Balaban J connectivity index is 1.03. The molecule has 7 rings (SSSR count). The summed E-state index contributed by atoms with van der Waals surface area (Å²) in [6.07, 6.45) is -10.5. The summed E-state index contributed by atoms with van der Waals surface area (Å²) in [5.41, 5.74) is 0.121. The monoisotopic (exact) mass is 762 g/mol. The smallest absolute Gasteiger partial charge is 0.331 e. The van der Waals surface area contributed by atoms with Crippen LogP contribution in [-0.4, -0.2) is 137 Å². The van der Waals surface area contributed by atoms with Crippen molar-refractivity contribution in [1.29, 1.82) is 0 Å². The van der Waals surface area contributed by atoms with E-state index in [-0.39, 0.29) is 31.3 Å². The van der Waals surface area contributed by atoms with E-state index in [1.807, 2.05) is 37.3 Å². The largest absolute Gasteiger partial charge is 0.459 e. The molecule has 298 valence electrons. The lowest BCUT2D eigenvalue weighted by Crippen LogP contribution is -2.64. The van der Waals surface area contributed by atoms with Crippen LogP contribution in [0.1, 0.15) is 58.9 Å². The molecule has 0 bridgehead atoms. The lowest BCUT2D eigenvalue weighted by Gasteiger charge is -2.46. The maximum Gasteiger partial charge on any atom is 0.331 e. The van der Waals surface area contributed by atoms with Gasteiger partial charge in [0.05, 0.1) is 37.4 Å². The number of esters is 3. The summed E-state index contributed by atoms with van der Waals surface area (Å²) < 4.78 is 53.9. The van der Waals surface area contributed by atoms with Crippen molar-refractivity contribution in [3.05, 3.63) is 42.0 Å². The van der Waals surface area contributed by atoms with Gasteiger partial charge >= 0.3 is 17.9 Å². The van der Waals surface area contributed by atoms with Gasteiger partial charge in [-0.3, -0.25) is 9.59 Å². The molecule has 5 heterocycles. The van der Waals surface area contributed by atoms with Crippen LogP contribution in [0.25, 0.3) is 6.08 Å². The van der Waals surface area contributed by atoms with Crippen molar-refractivity contribution in [2.24, 2.45) is 17.8 Å². The normalized spacial score (nSPS) is 45.9. The number of epoxide rings is 1. The van der Waals surface area contributed by atoms with Crippen LogP contribution in [0, 0.1) is 17.8 Å². The van der Waals surface area contributed by atoms with Crippen molar-refractivity contribution >= 4 is 24.0 Å². The van der Waals surface area contributed by atoms with Crippen molar-refractivity contribution in [3.8, 4) is 0 Å². The molecule has 1 aliphatic carbocycles. The summed E-state index contributed by atoms with van der Waals surface area (Å²) in [5.74, 6) is -3.93. The number of hydrogen-bond acceptors (Lipinski definition) is 16. The van der Waals surface area contributed by atoms with Gasteiger partial charge in [0.1, 0.15) is 30.5 Å². The molecule has 4 N–H and O–H groups in total. The van der Waals surface area contributed by atoms with Gasteiger partial charge in [-0.05, 0) is 44.7 Å². The number of ether oxygens (including phenoxy) is 9. The Bertz CT molecular complexity index is 1550. The molecule has 17 atom stereocenters. The van der Waals surface area contributed by atoms with Gasteiger partial charge < -0.3 is 63.1 Å². The van der Waals surface area contributed by atoms with E-state index in [9.17, 15) is 34.8 Å². The van der Waals surface area contributed by atoms with Crippen LogP contribution in [0.3, 0.4) is 0 Å². The zero-order valence-electron chi connectivity index (χ0n) is 30.6. The van der Waals surface area contributed by atoms with Crippen LogP contribution in [-0.2, 0) is 57.0 Å². The first-order chi connectivity index (χ1) is 25.7. The molecule has 5 aliphatic heterocycles. The first kappa shape index (κ1) is 39.2. The van der Waals surface area contributed by atoms with Crippen LogP contribution in [0.15, 0.2) is 36.4 Å². The second-order valence-corrected chi connectivity index (χ2v) is 15.4. The molecule has 6 aliphatic rings. The molecule has 1 aromatic rings. The number of carbonyl (C=O) groups excluding carboxylic acids is 3. The molecular formula is C38H50O16. The Morgan fingerprint density at radius 2 is 1.54 bits per heavy atom. The Kier molecular flexibility index (Phi) is 11.2. The van der Waals surface area contributed by atoms with Gasteiger partial charge in [-0.25, -0.2) is 4.79 Å². The van der Waals surface area contributed by atoms with Crippen LogP contribution in [0.4, 0.5) is 0 Å². The van der Waals surface area contributed by atoms with Gasteiger partial charge in [0.15, 0.2) is 24.1 Å². The van der Waals surface area contributed by atoms with Gasteiger partial charge in [-0.1, -0.05) is 37.3 Å². The molecule has 16 heteroatoms. The highest BCUT2D eigenvalue weighted by Crippen LogP contribution is 2.62. The zero-order valence-corrected chi connectivity index (χ0v) is 30.6. The zero-order chi connectivity index (χ0) is 38.5. The van der Waals surface area contributed by atoms with Crippen LogP contribution in [0.2, 0.25) is 0 Å². The number of carbonyl (C=O) groups is 3. The maximum atomic E-state index is 13.9. The highest BCUT2D eigenvalue weighted by Gasteiger charge is 2.76. The average molecular weight is 763 g/mol. The Labute approximate surface area is 312 Å². The number of fused-ring (bicyclic) bond motifs is 3. The van der Waals surface area contributed by atoms with E-state index in [4.69, 9.17) is 42.6 Å². The first-order valence-electron chi connectivity index (χ1n) is 18.7. The predicted molar refractivity (Wildman–Crippen MR) is 181 cm³/mol. The number of hydrogen-bond donors (Lipinski definition) is 4. The quantitative estimate of drug-likeness (QED) is 0.124. The maximum absolute atomic E-state index is 13.9. The van der Waals surface area contributed by atoms with Crippen LogP contribution >= 0.6 is 0 Å². The lowest BCUT2D eigenvalue weighted by molar-refractivity contribution is -0.357. The van der Waals surface area contributed by atoms with E-state index >= 15 is 0 Å². The second kappa shape index (κ2) is 15.5. The number of aliphatic hydroxyl groups excluding tert-OH is 4. The molecule has 0 radical (unpaired) electrons. The number of benzene rings is 1. The third kappa shape index (κ3) is 7.45. The topological polar surface area (TPSA) is 218 Å². The molecule has 16 nitrogen and oxygen atoms in total. The van der Waals surface area contributed by atoms with Crippen LogP contribution < -0.4 is 0 Å². The highest BCUT2D eigenvalue weighted by atomic mass is 16.8. The van der Waals surface area contributed by atoms with Gasteiger partial charge in [0.2, 0.25) is 12.1 Å². The highest BCUT2D eigenvalue weighted by molar-refractivity contribution is 5.87. The molecular weight excluding hydrogens is 712 g/mol. The van der Waals surface area contributed by atoms with E-state index in [1.54, 1.807) is 6.08 Å². The molecule has 6 fully saturated rings. The van der Waals surface area contributed by atoms with Gasteiger partial charge in [0, 0.05) is 31.3 Å². The standard InChI is InChI=1S/C38H50O16/c1-18-16-46-38(15-26(18)51-27(40)13-10-22-8-6-5-7-9-22)37(17-47-37)24-12-11-23(14-25(24)54-38)34(45)53-36-33(32(50-21(4)39)29(42)20(3)49-36)52-35-31(44)30(43)28(41)19(2)48-35/h5-10,13,18-20,23-26,28-33,35-36,41-44H,11-12,14-17H2,1-4H3/b13-10+/t18-,19-,20+,23-,24-,25+,26+,28+,29-,30+,31-,32-,33-,35+,36-,37-,38-/m1/s1. The van der Waals surface area contributed by atoms with E-state index in [2.05, 4.69) is 0 Å². The minimum atomic E-state index is -1.74. The van der Waals surface area contributed by atoms with Crippen molar-refractivity contribution < 1.29 is 77.4 Å². The molecule has 1 aromatic carbocycles. The first-order valence-corrected chi connectivity index (χ1v) is 18.7. The molecule has 0 unspecified atom stereocenters. The molecule has 0 aromatic heterocycles. The predicted octanol–water partition coefficient (Wildman–Crippen LogP) is 0.742. The molecule has 0 amide bonds. The fourth-order valence-corrected chi connectivity index (χ4v) is 8.54. The van der Waals surface area contributed by atoms with Crippen molar-refractivity contribution in [3.63, 3.8) is 0 Å². The van der Waals surface area contributed by atoms with E-state index < -0.39 is 109 Å². The summed E-state index contributed by atoms with van der Waals surface area (Å²) in [5, 5.41) is 42.1. The van der Waals surface area contributed by atoms with Gasteiger partial charge in [-0.15, -0.1) is 0 Å². The number of rotatable bonds is 8. The molecule has 2 spiro atoms. The van der Waals surface area contributed by atoms with Gasteiger partial charge in [0.25, 0.3) is 0 Å². The third-order valence-electron chi connectivity index (χ3n) is 11.7. The minimum Gasteiger partial charge on any atom is -0.459 e. The van der Waals surface area contributed by atoms with E-state index in [0.29, 0.717) is 19.4 Å². The third-order valence-corrected chi connectivity index (χ3v) is 11.7. The Hall–Kier alpha value is -3.03. The van der Waals surface area contributed by atoms with E-state index in [1.165, 1.54) is 19.9 Å². The SMILES string of the molecule is CC(=O)O[C@@H]1[C@H](O)[C@H](C)O[C@H](OC(=O)[C@@H]2CC[C@@H]3[C@H](C2)O[C@]2(C[C@H](OC(=O)/C=C/c4ccccc4)[C@H](C)CO2)[C@@]32CO2)[C@@H]1O[C@@H]1O[C@H](C)[C@H](O)[C@H](O)[C@H]1O. The Morgan fingerprint density at radius 3 is 2.24 bits per heavy atom. The fourth-order valence-electron chi connectivity index (χ4n) is 8.54. The summed E-state index contributed by atoms with van der Waals surface area (Å²) in [4.78, 5) is 38.9. The van der Waals surface area contributed by atoms with Gasteiger partial charge in [-0.2, -0.15) is 0 Å². The van der Waals surface area contributed by atoms with Crippen molar-refractivity contribution in [1.82, 2.24) is 0 Å². The minimum absolute atomic E-state index is 0.0940. The summed E-state index contributed by atoms with van der Waals surface area (Å²) >= 11 is 0. The van der Waals surface area contributed by atoms with Crippen molar-refractivity contribution in [2.45, 2.75) is 138 Å². The Morgan fingerprint density at radius 1 is 0.833 bits per heavy atom. The molecule has 5 saturated heterocycles. The van der Waals surface area contributed by atoms with Crippen molar-refractivity contribution in [2.75, 3.05) is 13.2 Å². The summed E-state index contributed by atoms with van der Waals surface area (Å²) in [7, 11) is 0. The molecule has 1 saturated carbocycles. The second-order valence-electron chi connectivity index (χ2n) is 15.4. The van der Waals surface area contributed by atoms with Crippen LogP contribution in [0.5, 0.6) is 0 Å². The summed E-state index contributed by atoms with van der Waals surface area (Å²) in [6.45, 7) is 6.73. The van der Waals surface area contributed by atoms with E-state index in [0.717, 1.165) is 12.5 Å². The molecule has 54 heavy (non-hydrogen) atoms. The average Bonchev–Trinajstić information content (AvgIpc) is 3.92.